The van der Waals surface area contributed by atoms with Crippen LogP contribution in [-0.2, 0) is 32.3 Å². The summed E-state index contributed by atoms with van der Waals surface area (Å²) in [5, 5.41) is 12.1. The first kappa shape index (κ1) is 33.4. The summed E-state index contributed by atoms with van der Waals surface area (Å²) in [6.45, 7) is 4.74. The second-order valence-electron chi connectivity index (χ2n) is 10.3. The molecule has 17 heteroatoms. The molecule has 0 unspecified atom stereocenters. The van der Waals surface area contributed by atoms with Crippen LogP contribution in [0.3, 0.4) is 0 Å². The number of alkyl halides is 3. The summed E-state index contributed by atoms with van der Waals surface area (Å²) < 4.78 is 77.1. The van der Waals surface area contributed by atoms with Gasteiger partial charge in [0.15, 0.2) is 0 Å². The summed E-state index contributed by atoms with van der Waals surface area (Å²) in [7, 11) is -4.48. The van der Waals surface area contributed by atoms with E-state index in [0.29, 0.717) is 18.1 Å². The van der Waals surface area contributed by atoms with Gasteiger partial charge in [0.1, 0.15) is 6.04 Å². The minimum Gasteiger partial charge on any atom is -0.459 e. The van der Waals surface area contributed by atoms with Crippen LogP contribution in [0.5, 0.6) is 0 Å². The van der Waals surface area contributed by atoms with Crippen molar-refractivity contribution in [1.29, 1.82) is 0 Å². The number of benzene rings is 2. The number of nitrogens with one attached hydrogen (secondary N) is 2. The third kappa shape index (κ3) is 7.96. The molecule has 4 rings (SSSR count). The number of carbonyl (C=O) groups is 3. The Kier molecular flexibility index (Phi) is 10.1. The van der Waals surface area contributed by atoms with Crippen LogP contribution in [0.1, 0.15) is 54.1 Å². The molecule has 1 atom stereocenters. The van der Waals surface area contributed by atoms with Crippen LogP contribution in [0.15, 0.2) is 57.8 Å². The fourth-order valence-corrected chi connectivity index (χ4v) is 6.02. The van der Waals surface area contributed by atoms with Gasteiger partial charge in [-0.1, -0.05) is 48.3 Å². The highest BCUT2D eigenvalue weighted by molar-refractivity contribution is 7.89. The van der Waals surface area contributed by atoms with Gasteiger partial charge in [0, 0.05) is 26.2 Å². The Morgan fingerprint density at radius 3 is 2.31 bits per heavy atom. The molecule has 1 aliphatic rings. The van der Waals surface area contributed by atoms with Crippen molar-refractivity contribution >= 4 is 33.9 Å². The highest BCUT2D eigenvalue weighted by atomic mass is 32.2. The van der Waals surface area contributed by atoms with E-state index in [-0.39, 0.29) is 26.2 Å². The molecule has 0 aliphatic carbocycles. The molecule has 1 saturated heterocycles. The maximum absolute atomic E-state index is 13.6. The molecular formula is C28H31F3N6O7S. The number of aromatic nitrogens is 2. The Morgan fingerprint density at radius 1 is 1.04 bits per heavy atom. The summed E-state index contributed by atoms with van der Waals surface area (Å²) in [5.41, 5.74) is 0.792. The number of piperazine rings is 1. The predicted octanol–water partition coefficient (Wildman–Crippen LogP) is 3.61. The monoisotopic (exact) mass is 652 g/mol. The van der Waals surface area contributed by atoms with E-state index in [1.807, 2.05) is 38.1 Å². The van der Waals surface area contributed by atoms with Crippen LogP contribution in [0.4, 0.5) is 24.0 Å². The smallest absolute Gasteiger partial charge is 0.416 e. The zero-order valence-corrected chi connectivity index (χ0v) is 25.3. The lowest BCUT2D eigenvalue weighted by Crippen LogP contribution is -2.61. The minimum atomic E-state index is -4.67. The second-order valence-corrected chi connectivity index (χ2v) is 12.2. The molecule has 2 aromatic carbocycles. The molecule has 1 fully saturated rings. The normalized spacial score (nSPS) is 16.0. The van der Waals surface area contributed by atoms with Crippen LogP contribution < -0.4 is 10.6 Å². The lowest BCUT2D eigenvalue weighted by Gasteiger charge is -2.39. The first-order valence-corrected chi connectivity index (χ1v) is 15.3. The second kappa shape index (κ2) is 13.6. The Balaban J connectivity index is 1.54. The number of halogens is 3. The topological polar surface area (TPSA) is 164 Å². The van der Waals surface area contributed by atoms with Gasteiger partial charge >= 0.3 is 30.1 Å². The zero-order valence-electron chi connectivity index (χ0n) is 24.5. The van der Waals surface area contributed by atoms with E-state index in [2.05, 4.69) is 20.8 Å². The quantitative estimate of drug-likeness (QED) is 0.329. The van der Waals surface area contributed by atoms with Crippen molar-refractivity contribution in [2.75, 3.05) is 31.6 Å². The number of anilines is 1. The van der Waals surface area contributed by atoms with Gasteiger partial charge in [-0.2, -0.15) is 17.5 Å². The maximum atomic E-state index is 13.6. The van der Waals surface area contributed by atoms with Crippen molar-refractivity contribution in [3.8, 4) is 0 Å². The Hall–Kier alpha value is -4.51. The Bertz CT molecular complexity index is 1630. The molecule has 0 bridgehead atoms. The van der Waals surface area contributed by atoms with E-state index in [1.165, 1.54) is 0 Å². The standard InChI is InChI=1S/C28H31F3N6O7S/c1-4-43-25(39)24-34-35-26(44-24)33-27(40)36-13-14-37(45(41,42)21-11-9-20(10-12-21)28(29,30)31)22(16-36)23(38)32-15-18-5-7-19(8-6-18)17(2)3/h5-12,17,22H,4,13-16H2,1-3H3,(H,32,38)(H,33,35,40)/t22-/m1/s1. The van der Waals surface area contributed by atoms with Crippen LogP contribution in [0, 0.1) is 0 Å². The van der Waals surface area contributed by atoms with Crippen molar-refractivity contribution in [2.24, 2.45) is 0 Å². The van der Waals surface area contributed by atoms with Crippen LogP contribution in [0.25, 0.3) is 0 Å². The van der Waals surface area contributed by atoms with E-state index in [1.54, 1.807) is 6.92 Å². The molecule has 3 aromatic rings. The summed E-state index contributed by atoms with van der Waals surface area (Å²) in [4.78, 5) is 39.0. The minimum absolute atomic E-state index is 0.0483. The molecule has 242 valence electrons. The van der Waals surface area contributed by atoms with Crippen molar-refractivity contribution < 1.29 is 45.1 Å². The average Bonchev–Trinajstić information content (AvgIpc) is 3.48. The number of esters is 1. The Labute approximate surface area is 256 Å². The van der Waals surface area contributed by atoms with Crippen molar-refractivity contribution in [3.63, 3.8) is 0 Å². The van der Waals surface area contributed by atoms with Gasteiger partial charge in [-0.05, 0) is 48.2 Å². The van der Waals surface area contributed by atoms with E-state index in [4.69, 9.17) is 9.15 Å². The van der Waals surface area contributed by atoms with Gasteiger partial charge in [0.25, 0.3) is 0 Å². The van der Waals surface area contributed by atoms with Gasteiger partial charge in [-0.3, -0.25) is 10.1 Å². The summed E-state index contributed by atoms with van der Waals surface area (Å²) in [5.74, 6) is -1.85. The molecule has 2 N–H and O–H groups in total. The van der Waals surface area contributed by atoms with E-state index in [0.717, 1.165) is 32.5 Å². The van der Waals surface area contributed by atoms with Crippen LogP contribution in [-0.4, -0.2) is 78.0 Å². The number of urea groups is 1. The molecule has 45 heavy (non-hydrogen) atoms. The summed E-state index contributed by atoms with van der Waals surface area (Å²) in [6.07, 6.45) is -4.67. The van der Waals surface area contributed by atoms with Gasteiger partial charge in [-0.15, -0.1) is 0 Å². The first-order chi connectivity index (χ1) is 21.2. The zero-order chi connectivity index (χ0) is 32.9. The number of amides is 3. The lowest BCUT2D eigenvalue weighted by molar-refractivity contribution is -0.137. The number of ether oxygens (including phenoxy) is 1. The lowest BCUT2D eigenvalue weighted by atomic mass is 10.0. The fraction of sp³-hybridized carbons (Fsp3) is 0.393. The predicted molar refractivity (Wildman–Crippen MR) is 152 cm³/mol. The average molecular weight is 653 g/mol. The summed E-state index contributed by atoms with van der Waals surface area (Å²) >= 11 is 0. The molecule has 0 saturated carbocycles. The highest BCUT2D eigenvalue weighted by Crippen LogP contribution is 2.31. The molecule has 0 spiro atoms. The van der Waals surface area contributed by atoms with E-state index in [9.17, 15) is 36.0 Å². The summed E-state index contributed by atoms with van der Waals surface area (Å²) in [6, 6.07) is 7.65. The van der Waals surface area contributed by atoms with Crippen molar-refractivity contribution in [2.45, 2.75) is 50.3 Å². The van der Waals surface area contributed by atoms with Gasteiger partial charge in [0.2, 0.25) is 15.9 Å². The number of hydrogen-bond acceptors (Lipinski definition) is 9. The molecule has 1 aliphatic heterocycles. The SMILES string of the molecule is CCOC(=O)c1nnc(NC(=O)N2CCN(S(=O)(=O)c3ccc(C(F)(F)F)cc3)[C@@H](C(=O)NCc3ccc(C(C)C)cc3)C2)o1. The third-order valence-electron chi connectivity index (χ3n) is 6.91. The number of nitrogens with zero attached hydrogens (tertiary/aromatic N) is 4. The number of sulfonamides is 1. The molecular weight excluding hydrogens is 621 g/mol. The number of carbonyl (C=O) groups excluding carboxylic acids is 3. The molecule has 13 nitrogen and oxygen atoms in total. The van der Waals surface area contributed by atoms with Gasteiger partial charge < -0.3 is 19.4 Å². The number of hydrogen-bond donors (Lipinski definition) is 2. The van der Waals surface area contributed by atoms with Crippen molar-refractivity contribution in [1.82, 2.24) is 24.7 Å². The molecule has 2 heterocycles. The van der Waals surface area contributed by atoms with Gasteiger partial charge in [0.05, 0.1) is 17.1 Å². The highest BCUT2D eigenvalue weighted by Gasteiger charge is 2.42. The molecule has 3 amide bonds. The van der Waals surface area contributed by atoms with Crippen LogP contribution >= 0.6 is 0 Å². The maximum Gasteiger partial charge on any atom is 0.416 e. The largest absolute Gasteiger partial charge is 0.459 e. The van der Waals surface area contributed by atoms with E-state index < -0.39 is 69.1 Å². The van der Waals surface area contributed by atoms with Gasteiger partial charge in [-0.25, -0.2) is 18.0 Å². The Morgan fingerprint density at radius 2 is 1.71 bits per heavy atom. The fourth-order valence-electron chi connectivity index (χ4n) is 4.45. The van der Waals surface area contributed by atoms with Crippen LogP contribution in [0.2, 0.25) is 0 Å². The first-order valence-electron chi connectivity index (χ1n) is 13.8. The molecule has 1 aromatic heterocycles. The molecule has 0 radical (unpaired) electrons. The third-order valence-corrected chi connectivity index (χ3v) is 8.83. The number of rotatable bonds is 9. The van der Waals surface area contributed by atoms with Crippen molar-refractivity contribution in [3.05, 3.63) is 71.1 Å². The van der Waals surface area contributed by atoms with E-state index >= 15 is 0 Å².